The lowest BCUT2D eigenvalue weighted by Gasteiger charge is -2.35. The largest absolute Gasteiger partial charge is 0.353 e. The zero-order valence-corrected chi connectivity index (χ0v) is 16.3. The van der Waals surface area contributed by atoms with E-state index in [9.17, 15) is 4.79 Å². The molecule has 2 aliphatic rings. The van der Waals surface area contributed by atoms with Crippen LogP contribution in [-0.4, -0.2) is 61.6 Å². The number of aromatic nitrogens is 1. The van der Waals surface area contributed by atoms with Gasteiger partial charge in [-0.2, -0.15) is 0 Å². The molecule has 2 saturated heterocycles. The molecule has 2 fully saturated rings. The molecule has 1 amide bonds. The molecule has 0 radical (unpaired) electrons. The van der Waals surface area contributed by atoms with Gasteiger partial charge in [0.15, 0.2) is 0 Å². The first-order chi connectivity index (χ1) is 13.8. The van der Waals surface area contributed by atoms with Gasteiger partial charge in [-0.3, -0.25) is 4.79 Å². The van der Waals surface area contributed by atoms with E-state index in [1.807, 2.05) is 18.2 Å². The van der Waals surface area contributed by atoms with Crippen LogP contribution in [0.25, 0.3) is 0 Å². The van der Waals surface area contributed by atoms with Crippen LogP contribution < -0.4 is 15.5 Å². The van der Waals surface area contributed by atoms with E-state index in [0.717, 1.165) is 45.1 Å². The SMILES string of the molecule is O=C(NCCN1CCCC1)c1cccc(N2CCN[C@H](c3ccccc3)C2)n1. The molecule has 0 saturated carbocycles. The number of carbonyl (C=O) groups excluding carboxylic acids is 1. The number of nitrogens with zero attached hydrogens (tertiary/aromatic N) is 3. The molecule has 6 heteroatoms. The van der Waals surface area contributed by atoms with E-state index in [1.165, 1.54) is 18.4 Å². The highest BCUT2D eigenvalue weighted by Crippen LogP contribution is 2.21. The summed E-state index contributed by atoms with van der Waals surface area (Å²) < 4.78 is 0. The van der Waals surface area contributed by atoms with Crippen molar-refractivity contribution in [3.8, 4) is 0 Å². The minimum atomic E-state index is -0.0872. The smallest absolute Gasteiger partial charge is 0.270 e. The zero-order valence-electron chi connectivity index (χ0n) is 16.3. The van der Waals surface area contributed by atoms with E-state index in [4.69, 9.17) is 0 Å². The molecule has 28 heavy (non-hydrogen) atoms. The minimum absolute atomic E-state index is 0.0872. The molecule has 148 valence electrons. The maximum atomic E-state index is 12.5. The van der Waals surface area contributed by atoms with Gasteiger partial charge < -0.3 is 20.4 Å². The zero-order chi connectivity index (χ0) is 19.2. The van der Waals surface area contributed by atoms with E-state index in [2.05, 4.69) is 49.7 Å². The third kappa shape index (κ3) is 4.69. The molecule has 0 bridgehead atoms. The van der Waals surface area contributed by atoms with Crippen molar-refractivity contribution < 1.29 is 4.79 Å². The summed E-state index contributed by atoms with van der Waals surface area (Å²) in [7, 11) is 0. The monoisotopic (exact) mass is 379 g/mol. The van der Waals surface area contributed by atoms with Crippen molar-refractivity contribution in [3.05, 3.63) is 59.8 Å². The fourth-order valence-corrected chi connectivity index (χ4v) is 4.02. The number of pyridine rings is 1. The Morgan fingerprint density at radius 2 is 1.89 bits per heavy atom. The van der Waals surface area contributed by atoms with Crippen LogP contribution in [0.2, 0.25) is 0 Å². The van der Waals surface area contributed by atoms with E-state index < -0.39 is 0 Å². The van der Waals surface area contributed by atoms with Gasteiger partial charge >= 0.3 is 0 Å². The molecule has 0 aliphatic carbocycles. The van der Waals surface area contributed by atoms with Crippen LogP contribution in [0.5, 0.6) is 0 Å². The van der Waals surface area contributed by atoms with Gasteiger partial charge in [0.1, 0.15) is 11.5 Å². The number of anilines is 1. The predicted octanol–water partition coefficient (Wildman–Crippen LogP) is 2.06. The summed E-state index contributed by atoms with van der Waals surface area (Å²) in [5.74, 6) is 0.783. The van der Waals surface area contributed by atoms with Gasteiger partial charge in [-0.1, -0.05) is 36.4 Å². The van der Waals surface area contributed by atoms with E-state index in [0.29, 0.717) is 12.2 Å². The lowest BCUT2D eigenvalue weighted by molar-refractivity contribution is 0.0945. The molecule has 1 atom stereocenters. The van der Waals surface area contributed by atoms with Gasteiger partial charge in [0.05, 0.1) is 0 Å². The predicted molar refractivity (Wildman–Crippen MR) is 112 cm³/mol. The summed E-state index contributed by atoms with van der Waals surface area (Å²) in [5.41, 5.74) is 1.77. The normalized spacial score (nSPS) is 20.3. The summed E-state index contributed by atoms with van der Waals surface area (Å²) in [4.78, 5) is 21.8. The Morgan fingerprint density at radius 1 is 1.07 bits per heavy atom. The number of amides is 1. The lowest BCUT2D eigenvalue weighted by atomic mass is 10.0. The van der Waals surface area contributed by atoms with Crippen LogP contribution in [-0.2, 0) is 0 Å². The third-order valence-electron chi connectivity index (χ3n) is 5.58. The number of hydrogen-bond donors (Lipinski definition) is 2. The van der Waals surface area contributed by atoms with Gasteiger partial charge in [-0.05, 0) is 43.6 Å². The fraction of sp³-hybridized carbons (Fsp3) is 0.455. The number of likely N-dealkylation sites (tertiary alicyclic amines) is 1. The van der Waals surface area contributed by atoms with Crippen molar-refractivity contribution in [2.45, 2.75) is 18.9 Å². The van der Waals surface area contributed by atoms with Crippen molar-refractivity contribution in [3.63, 3.8) is 0 Å². The van der Waals surface area contributed by atoms with Crippen molar-refractivity contribution >= 4 is 11.7 Å². The van der Waals surface area contributed by atoms with E-state index >= 15 is 0 Å². The highest BCUT2D eigenvalue weighted by molar-refractivity contribution is 5.92. The number of piperazine rings is 1. The first-order valence-corrected chi connectivity index (χ1v) is 10.3. The summed E-state index contributed by atoms with van der Waals surface area (Å²) in [6.07, 6.45) is 2.54. The molecule has 0 unspecified atom stereocenters. The molecule has 3 heterocycles. The molecular formula is C22H29N5O. The highest BCUT2D eigenvalue weighted by Gasteiger charge is 2.22. The lowest BCUT2D eigenvalue weighted by Crippen LogP contribution is -2.46. The third-order valence-corrected chi connectivity index (χ3v) is 5.58. The quantitative estimate of drug-likeness (QED) is 0.805. The van der Waals surface area contributed by atoms with Crippen LogP contribution in [0.1, 0.15) is 34.9 Å². The number of hydrogen-bond acceptors (Lipinski definition) is 5. The van der Waals surface area contributed by atoms with Gasteiger partial charge in [-0.15, -0.1) is 0 Å². The Hall–Kier alpha value is -2.44. The van der Waals surface area contributed by atoms with Crippen LogP contribution >= 0.6 is 0 Å². The maximum absolute atomic E-state index is 12.5. The number of benzene rings is 1. The van der Waals surface area contributed by atoms with Crippen molar-refractivity contribution in [1.29, 1.82) is 0 Å². The van der Waals surface area contributed by atoms with Gasteiger partial charge in [0.25, 0.3) is 5.91 Å². The molecule has 2 N–H and O–H groups in total. The molecule has 0 spiro atoms. The summed E-state index contributed by atoms with van der Waals surface area (Å²) in [6.45, 7) is 6.52. The van der Waals surface area contributed by atoms with Crippen LogP contribution in [0.3, 0.4) is 0 Å². The Kier molecular flexibility index (Phi) is 6.19. The Labute approximate surface area is 166 Å². The van der Waals surface area contributed by atoms with Gasteiger partial charge in [0.2, 0.25) is 0 Å². The maximum Gasteiger partial charge on any atom is 0.270 e. The molecule has 2 aromatic rings. The Balaban J connectivity index is 1.36. The standard InChI is InChI=1S/C22H29N5O/c28-22(24-11-15-26-13-4-5-14-26)19-9-6-10-21(25-19)27-16-12-23-20(17-27)18-7-2-1-3-8-18/h1-3,6-10,20,23H,4-5,11-17H2,(H,24,28)/t20-/m0/s1. The fourth-order valence-electron chi connectivity index (χ4n) is 4.02. The average Bonchev–Trinajstić information content (AvgIpc) is 3.28. The summed E-state index contributed by atoms with van der Waals surface area (Å²) in [6, 6.07) is 16.5. The Morgan fingerprint density at radius 3 is 2.71 bits per heavy atom. The Bertz CT molecular complexity index is 776. The topological polar surface area (TPSA) is 60.5 Å². The molecular weight excluding hydrogens is 350 g/mol. The summed E-state index contributed by atoms with van der Waals surface area (Å²) >= 11 is 0. The molecule has 6 nitrogen and oxygen atoms in total. The first-order valence-electron chi connectivity index (χ1n) is 10.3. The number of nitrogens with one attached hydrogen (secondary N) is 2. The van der Waals surface area contributed by atoms with Crippen LogP contribution in [0.15, 0.2) is 48.5 Å². The number of carbonyl (C=O) groups is 1. The van der Waals surface area contributed by atoms with Gasteiger partial charge in [-0.25, -0.2) is 4.98 Å². The second-order valence-corrected chi connectivity index (χ2v) is 7.55. The molecule has 1 aromatic heterocycles. The first kappa shape index (κ1) is 18.9. The van der Waals surface area contributed by atoms with Crippen molar-refractivity contribution in [1.82, 2.24) is 20.5 Å². The second-order valence-electron chi connectivity index (χ2n) is 7.55. The van der Waals surface area contributed by atoms with Crippen LogP contribution in [0, 0.1) is 0 Å². The van der Waals surface area contributed by atoms with Gasteiger partial charge in [0, 0.05) is 38.8 Å². The summed E-state index contributed by atoms with van der Waals surface area (Å²) in [5, 5.41) is 6.59. The molecule has 4 rings (SSSR count). The van der Waals surface area contributed by atoms with Crippen molar-refractivity contribution in [2.24, 2.45) is 0 Å². The van der Waals surface area contributed by atoms with E-state index in [1.54, 1.807) is 6.07 Å². The van der Waals surface area contributed by atoms with Crippen molar-refractivity contribution in [2.75, 3.05) is 50.7 Å². The minimum Gasteiger partial charge on any atom is -0.353 e. The highest BCUT2D eigenvalue weighted by atomic mass is 16.1. The molecule has 1 aromatic carbocycles. The number of rotatable bonds is 6. The van der Waals surface area contributed by atoms with E-state index in [-0.39, 0.29) is 11.9 Å². The second kappa shape index (κ2) is 9.17. The average molecular weight is 380 g/mol. The molecule has 2 aliphatic heterocycles. The van der Waals surface area contributed by atoms with Crippen LogP contribution in [0.4, 0.5) is 5.82 Å².